The number of thiophene rings is 1. The summed E-state index contributed by atoms with van der Waals surface area (Å²) in [6.45, 7) is 10.7. The van der Waals surface area contributed by atoms with Crippen LogP contribution in [0.3, 0.4) is 0 Å². The van der Waals surface area contributed by atoms with Gasteiger partial charge in [0.25, 0.3) is 5.56 Å². The van der Waals surface area contributed by atoms with E-state index in [0.29, 0.717) is 17.6 Å². The van der Waals surface area contributed by atoms with Crippen LogP contribution in [0.15, 0.2) is 9.95 Å². The molecule has 0 saturated heterocycles. The smallest absolute Gasteiger partial charge is 0.263 e. The number of amides is 1. The van der Waals surface area contributed by atoms with Crippen molar-refractivity contribution in [1.29, 1.82) is 0 Å². The van der Waals surface area contributed by atoms with E-state index in [0.717, 1.165) is 29.5 Å². The summed E-state index contributed by atoms with van der Waals surface area (Å²) in [5.41, 5.74) is 6.54. The van der Waals surface area contributed by atoms with Crippen LogP contribution in [0.2, 0.25) is 0 Å². The molecule has 1 amide bonds. The fraction of sp³-hybridized carbons (Fsp3) is 0.632. The molecular weight excluding hydrogens is 366 g/mol. The maximum atomic E-state index is 13.2. The van der Waals surface area contributed by atoms with E-state index in [9.17, 15) is 9.59 Å². The molecule has 0 aromatic carbocycles. The van der Waals surface area contributed by atoms with E-state index in [1.807, 2.05) is 27.7 Å². The van der Waals surface area contributed by atoms with Crippen molar-refractivity contribution in [3.05, 3.63) is 20.8 Å². The Morgan fingerprint density at radius 3 is 2.73 bits per heavy atom. The lowest BCUT2D eigenvalue weighted by molar-refractivity contribution is -0.119. The Bertz CT molecular complexity index is 908. The van der Waals surface area contributed by atoms with Gasteiger partial charge in [-0.05, 0) is 43.1 Å². The van der Waals surface area contributed by atoms with E-state index in [4.69, 9.17) is 10.7 Å². The van der Waals surface area contributed by atoms with Crippen LogP contribution in [0.25, 0.3) is 10.2 Å². The number of fused-ring (bicyclic) bond motifs is 3. The average molecular weight is 394 g/mol. The molecule has 0 radical (unpaired) electrons. The average Bonchev–Trinajstić information content (AvgIpc) is 2.88. The Kier molecular flexibility index (Phi) is 5.23. The van der Waals surface area contributed by atoms with Gasteiger partial charge in [0.05, 0.1) is 10.6 Å². The highest BCUT2D eigenvalue weighted by Crippen LogP contribution is 2.38. The van der Waals surface area contributed by atoms with Gasteiger partial charge in [-0.2, -0.15) is 0 Å². The first kappa shape index (κ1) is 19.4. The lowest BCUT2D eigenvalue weighted by atomic mass is 9.89. The summed E-state index contributed by atoms with van der Waals surface area (Å²) >= 11 is 2.95. The molecule has 0 unspecified atom stereocenters. The molecular formula is C19H27N3O2S2. The Hall–Kier alpha value is -1.34. The van der Waals surface area contributed by atoms with Crippen molar-refractivity contribution in [1.82, 2.24) is 9.55 Å². The van der Waals surface area contributed by atoms with Gasteiger partial charge in [0.1, 0.15) is 4.83 Å². The summed E-state index contributed by atoms with van der Waals surface area (Å²) in [5.74, 6) is 0.275. The van der Waals surface area contributed by atoms with Gasteiger partial charge in [-0.1, -0.05) is 39.5 Å². The van der Waals surface area contributed by atoms with Gasteiger partial charge in [0.15, 0.2) is 5.16 Å². The highest BCUT2D eigenvalue weighted by molar-refractivity contribution is 8.00. The van der Waals surface area contributed by atoms with Crippen molar-refractivity contribution in [2.24, 2.45) is 17.1 Å². The first-order valence-electron chi connectivity index (χ1n) is 9.14. The number of carbonyl (C=O) groups excluding carboxylic acids is 1. The third-order valence-corrected chi connectivity index (χ3v) is 7.81. The zero-order chi connectivity index (χ0) is 19.2. The first-order valence-corrected chi connectivity index (χ1v) is 10.8. The van der Waals surface area contributed by atoms with Crippen LogP contribution in [0.5, 0.6) is 0 Å². The molecule has 2 N–H and O–H groups in total. The predicted octanol–water partition coefficient (Wildman–Crippen LogP) is 3.59. The van der Waals surface area contributed by atoms with Crippen molar-refractivity contribution in [2.45, 2.75) is 70.8 Å². The van der Waals surface area contributed by atoms with Crippen molar-refractivity contribution in [3.8, 4) is 0 Å². The molecule has 1 aliphatic carbocycles. The number of hydrogen-bond acceptors (Lipinski definition) is 5. The number of aryl methyl sites for hydroxylation is 1. The highest BCUT2D eigenvalue weighted by Gasteiger charge is 2.33. The van der Waals surface area contributed by atoms with Crippen LogP contribution in [-0.4, -0.2) is 20.7 Å². The van der Waals surface area contributed by atoms with Crippen molar-refractivity contribution >= 4 is 39.2 Å². The quantitative estimate of drug-likeness (QED) is 0.636. The summed E-state index contributed by atoms with van der Waals surface area (Å²) < 4.78 is 1.69. The molecule has 0 bridgehead atoms. The van der Waals surface area contributed by atoms with Gasteiger partial charge in [-0.15, -0.1) is 11.3 Å². The van der Waals surface area contributed by atoms with E-state index in [-0.39, 0.29) is 16.9 Å². The zero-order valence-electron chi connectivity index (χ0n) is 16.1. The Morgan fingerprint density at radius 1 is 1.46 bits per heavy atom. The first-order chi connectivity index (χ1) is 12.1. The fourth-order valence-electron chi connectivity index (χ4n) is 3.54. The van der Waals surface area contributed by atoms with E-state index >= 15 is 0 Å². The second-order valence-corrected chi connectivity index (χ2v) is 10.4. The molecule has 2 heterocycles. The summed E-state index contributed by atoms with van der Waals surface area (Å²) in [6, 6.07) is 0. The van der Waals surface area contributed by atoms with Gasteiger partial charge in [-0.25, -0.2) is 4.98 Å². The Morgan fingerprint density at radius 2 is 2.15 bits per heavy atom. The Balaban J connectivity index is 2.15. The number of thioether (sulfide) groups is 1. The molecule has 0 aliphatic heterocycles. The summed E-state index contributed by atoms with van der Waals surface area (Å²) in [7, 11) is 0. The van der Waals surface area contributed by atoms with Crippen molar-refractivity contribution in [3.63, 3.8) is 0 Å². The number of carbonyl (C=O) groups is 1. The molecule has 0 fully saturated rings. The second-order valence-electron chi connectivity index (χ2n) is 8.24. The summed E-state index contributed by atoms with van der Waals surface area (Å²) in [5, 5.41) is 0.934. The summed E-state index contributed by atoms with van der Waals surface area (Å²) in [6.07, 6.45) is 3.10. The lowest BCUT2D eigenvalue weighted by Gasteiger charge is -2.27. The molecule has 3 rings (SSSR count). The number of nitrogens with two attached hydrogens (primary N) is 1. The zero-order valence-corrected chi connectivity index (χ0v) is 17.7. The largest absolute Gasteiger partial charge is 0.369 e. The molecule has 5 nitrogen and oxygen atoms in total. The van der Waals surface area contributed by atoms with Gasteiger partial charge in [0, 0.05) is 11.4 Å². The number of nitrogens with zero attached hydrogens (tertiary/aromatic N) is 2. The predicted molar refractivity (Wildman–Crippen MR) is 109 cm³/mol. The van der Waals surface area contributed by atoms with E-state index < -0.39 is 5.25 Å². The maximum Gasteiger partial charge on any atom is 0.263 e. The minimum atomic E-state index is -0.445. The normalized spacial score (nSPS) is 18.7. The van der Waals surface area contributed by atoms with Gasteiger partial charge < -0.3 is 5.73 Å². The molecule has 0 saturated carbocycles. The fourth-order valence-corrected chi connectivity index (χ4v) is 6.14. The van der Waals surface area contributed by atoms with Gasteiger partial charge in [0.2, 0.25) is 5.91 Å². The minimum absolute atomic E-state index is 0.0178. The molecule has 7 heteroatoms. The Labute approximate surface area is 162 Å². The molecule has 2 aromatic heterocycles. The van der Waals surface area contributed by atoms with Crippen molar-refractivity contribution < 1.29 is 4.79 Å². The number of aromatic nitrogens is 2. The number of primary amides is 1. The number of rotatable bonds is 4. The van der Waals surface area contributed by atoms with Gasteiger partial charge in [-0.3, -0.25) is 14.2 Å². The lowest BCUT2D eigenvalue weighted by Crippen LogP contribution is -2.37. The van der Waals surface area contributed by atoms with E-state index in [2.05, 4.69) is 6.92 Å². The summed E-state index contributed by atoms with van der Waals surface area (Å²) in [4.78, 5) is 32.1. The third-order valence-electron chi connectivity index (χ3n) is 4.96. The molecule has 1 aliphatic rings. The number of hydrogen-bond donors (Lipinski definition) is 1. The van der Waals surface area contributed by atoms with Crippen LogP contribution in [-0.2, 0) is 24.2 Å². The standard InChI is InChI=1S/C19H27N3O2S2/c1-6-22-17(24)13-11-8-7-10(2)9-12(11)25-16(13)21-18(22)26-14(15(20)23)19(3,4)5/h10,14H,6-9H2,1-5H3,(H2,20,23)/t10-,14+/m0/s1. The highest BCUT2D eigenvalue weighted by atomic mass is 32.2. The maximum absolute atomic E-state index is 13.2. The van der Waals surface area contributed by atoms with E-state index in [1.165, 1.54) is 22.2 Å². The van der Waals surface area contributed by atoms with Crippen LogP contribution < -0.4 is 11.3 Å². The molecule has 2 aromatic rings. The molecule has 2 atom stereocenters. The van der Waals surface area contributed by atoms with Gasteiger partial charge >= 0.3 is 0 Å². The SMILES string of the molecule is CCn1c(S[C@H](C(N)=O)C(C)(C)C)nc2sc3c(c2c1=O)CC[C@H](C)C3. The molecule has 142 valence electrons. The topological polar surface area (TPSA) is 78.0 Å². The minimum Gasteiger partial charge on any atom is -0.369 e. The van der Waals surface area contributed by atoms with Crippen LogP contribution in [0, 0.1) is 11.3 Å². The van der Waals surface area contributed by atoms with E-state index in [1.54, 1.807) is 15.9 Å². The second kappa shape index (κ2) is 7.00. The third kappa shape index (κ3) is 3.43. The molecule has 0 spiro atoms. The van der Waals surface area contributed by atoms with Crippen LogP contribution >= 0.6 is 23.1 Å². The van der Waals surface area contributed by atoms with Crippen molar-refractivity contribution in [2.75, 3.05) is 0 Å². The molecule has 26 heavy (non-hydrogen) atoms. The van der Waals surface area contributed by atoms with Crippen LogP contribution in [0.4, 0.5) is 0 Å². The monoisotopic (exact) mass is 393 g/mol. The van der Waals surface area contributed by atoms with Crippen LogP contribution in [0.1, 0.15) is 51.5 Å².